The molecule has 0 radical (unpaired) electrons. The molecule has 10 heteroatoms. The maximum Gasteiger partial charge on any atom is 0.410 e. The molecule has 2 amide bonds. The average molecular weight is 480 g/mol. The van der Waals surface area contributed by atoms with Gasteiger partial charge < -0.3 is 24.4 Å². The molecule has 1 aromatic carbocycles. The van der Waals surface area contributed by atoms with Crippen LogP contribution in [0.1, 0.15) is 42.8 Å². The number of nitrogens with one attached hydrogen (secondary N) is 1. The predicted molar refractivity (Wildman–Crippen MR) is 129 cm³/mol. The van der Waals surface area contributed by atoms with Gasteiger partial charge in [0.25, 0.3) is 5.91 Å². The van der Waals surface area contributed by atoms with Gasteiger partial charge in [-0.15, -0.1) is 0 Å². The van der Waals surface area contributed by atoms with E-state index in [2.05, 4.69) is 15.4 Å². The second kappa shape index (κ2) is 10.1. The first-order chi connectivity index (χ1) is 16.7. The molecule has 35 heavy (non-hydrogen) atoms. The van der Waals surface area contributed by atoms with E-state index in [9.17, 15) is 9.59 Å². The van der Waals surface area contributed by atoms with Crippen LogP contribution in [0.4, 0.5) is 10.5 Å². The summed E-state index contributed by atoms with van der Waals surface area (Å²) in [6.45, 7) is 6.84. The first kappa shape index (κ1) is 24.2. The Kier molecular flexibility index (Phi) is 7.02. The van der Waals surface area contributed by atoms with Crippen LogP contribution in [0.5, 0.6) is 5.88 Å². The number of anilines is 1. The van der Waals surface area contributed by atoms with E-state index in [0.29, 0.717) is 42.6 Å². The van der Waals surface area contributed by atoms with E-state index in [-0.39, 0.29) is 18.1 Å². The van der Waals surface area contributed by atoms with Crippen LogP contribution in [0, 0.1) is 0 Å². The van der Waals surface area contributed by atoms with Crippen LogP contribution < -0.4 is 10.1 Å². The van der Waals surface area contributed by atoms with Crippen LogP contribution in [0.25, 0.3) is 5.82 Å². The van der Waals surface area contributed by atoms with Crippen molar-refractivity contribution in [3.63, 3.8) is 0 Å². The molecule has 10 nitrogen and oxygen atoms in total. The van der Waals surface area contributed by atoms with Crippen LogP contribution in [-0.4, -0.2) is 64.1 Å². The van der Waals surface area contributed by atoms with Gasteiger partial charge >= 0.3 is 6.09 Å². The lowest BCUT2D eigenvalue weighted by atomic mass is 10.1. The third-order valence-electron chi connectivity index (χ3n) is 5.26. The summed E-state index contributed by atoms with van der Waals surface area (Å²) < 4.78 is 18.0. The van der Waals surface area contributed by atoms with Crippen LogP contribution in [0.15, 0.2) is 54.9 Å². The number of nitrogens with zero attached hydrogens (tertiary/aromatic N) is 4. The third-order valence-corrected chi connectivity index (χ3v) is 5.26. The fourth-order valence-corrected chi connectivity index (χ4v) is 3.54. The molecule has 1 fully saturated rings. The van der Waals surface area contributed by atoms with Gasteiger partial charge in [0.2, 0.25) is 5.88 Å². The van der Waals surface area contributed by atoms with Crippen molar-refractivity contribution in [3.8, 4) is 11.7 Å². The van der Waals surface area contributed by atoms with Gasteiger partial charge in [0.05, 0.1) is 32.0 Å². The number of benzene rings is 1. The zero-order valence-corrected chi connectivity index (χ0v) is 20.2. The minimum absolute atomic E-state index is 0.269. The quantitative estimate of drug-likeness (QED) is 0.592. The molecular weight excluding hydrogens is 450 g/mol. The lowest BCUT2D eigenvalue weighted by Gasteiger charge is -2.34. The molecule has 3 heterocycles. The summed E-state index contributed by atoms with van der Waals surface area (Å²) in [4.78, 5) is 31.1. The number of hydrogen-bond acceptors (Lipinski definition) is 7. The van der Waals surface area contributed by atoms with E-state index < -0.39 is 5.60 Å². The van der Waals surface area contributed by atoms with Gasteiger partial charge in [-0.25, -0.2) is 9.48 Å². The Morgan fingerprint density at radius 2 is 1.91 bits per heavy atom. The summed E-state index contributed by atoms with van der Waals surface area (Å²) in [6, 6.07) is 12.7. The summed E-state index contributed by atoms with van der Waals surface area (Å²) in [5.74, 6) is 0.706. The SMILES string of the molecule is COc1cccc(-n2cc(C(=O)Nc3ccc(C4CN(C(=O)OC(C)(C)C)CCO4)cc3)cn2)n1. The number of pyridine rings is 1. The molecule has 1 N–H and O–H groups in total. The Morgan fingerprint density at radius 3 is 2.63 bits per heavy atom. The van der Waals surface area contributed by atoms with Gasteiger partial charge in [0.15, 0.2) is 5.82 Å². The molecule has 184 valence electrons. The van der Waals surface area contributed by atoms with E-state index >= 15 is 0 Å². The lowest BCUT2D eigenvalue weighted by molar-refractivity contribution is -0.0432. The Morgan fingerprint density at radius 1 is 1.14 bits per heavy atom. The number of methoxy groups -OCH3 is 1. The zero-order valence-electron chi connectivity index (χ0n) is 20.2. The van der Waals surface area contributed by atoms with Crippen molar-refractivity contribution in [1.82, 2.24) is 19.7 Å². The lowest BCUT2D eigenvalue weighted by Crippen LogP contribution is -2.44. The highest BCUT2D eigenvalue weighted by atomic mass is 16.6. The first-order valence-electron chi connectivity index (χ1n) is 11.3. The Balaban J connectivity index is 1.37. The van der Waals surface area contributed by atoms with Gasteiger partial charge in [-0.2, -0.15) is 10.1 Å². The van der Waals surface area contributed by atoms with Gasteiger partial charge in [-0.05, 0) is 44.5 Å². The summed E-state index contributed by atoms with van der Waals surface area (Å²) in [6.07, 6.45) is 2.47. The van der Waals surface area contributed by atoms with Crippen LogP contribution in [0.3, 0.4) is 0 Å². The number of morpholine rings is 1. The van der Waals surface area contributed by atoms with Gasteiger partial charge in [-0.3, -0.25) is 4.79 Å². The Labute approximate surface area is 203 Å². The number of carbonyl (C=O) groups is 2. The molecule has 2 aromatic heterocycles. The van der Waals surface area contributed by atoms with Crippen molar-refractivity contribution in [2.45, 2.75) is 32.5 Å². The molecule has 0 bridgehead atoms. The smallest absolute Gasteiger partial charge is 0.410 e. The number of ether oxygens (including phenoxy) is 3. The second-order valence-electron chi connectivity index (χ2n) is 9.07. The summed E-state index contributed by atoms with van der Waals surface area (Å²) in [7, 11) is 1.54. The van der Waals surface area contributed by atoms with E-state index in [1.165, 1.54) is 18.0 Å². The minimum Gasteiger partial charge on any atom is -0.481 e. The number of aromatic nitrogens is 3. The van der Waals surface area contributed by atoms with E-state index in [4.69, 9.17) is 14.2 Å². The number of amides is 2. The molecule has 1 aliphatic rings. The van der Waals surface area contributed by atoms with E-state index in [0.717, 1.165) is 5.56 Å². The normalized spacial score (nSPS) is 16.0. The Hall–Kier alpha value is -3.92. The molecule has 0 saturated carbocycles. The first-order valence-corrected chi connectivity index (χ1v) is 11.3. The summed E-state index contributed by atoms with van der Waals surface area (Å²) >= 11 is 0. The topological polar surface area (TPSA) is 108 Å². The molecule has 4 rings (SSSR count). The van der Waals surface area contributed by atoms with Crippen LogP contribution in [0.2, 0.25) is 0 Å². The highest BCUT2D eigenvalue weighted by Crippen LogP contribution is 2.25. The molecule has 0 spiro atoms. The van der Waals surface area contributed by atoms with Crippen molar-refractivity contribution in [1.29, 1.82) is 0 Å². The number of carbonyl (C=O) groups excluding carboxylic acids is 2. The maximum absolute atomic E-state index is 12.7. The molecule has 1 unspecified atom stereocenters. The molecule has 1 aliphatic heterocycles. The second-order valence-corrected chi connectivity index (χ2v) is 9.07. The van der Waals surface area contributed by atoms with Crippen molar-refractivity contribution in [2.75, 3.05) is 32.1 Å². The standard InChI is InChI=1S/C25H29N5O5/c1-25(2,3)35-24(32)29-12-13-34-20(16-29)17-8-10-19(11-9-17)27-23(31)18-14-26-30(15-18)21-6-5-7-22(28-21)33-4/h5-11,14-15,20H,12-13,16H2,1-4H3,(H,27,31). The third kappa shape index (κ3) is 6.15. The molecule has 1 saturated heterocycles. The fraction of sp³-hybridized carbons (Fsp3) is 0.360. The van der Waals surface area contributed by atoms with E-state index in [1.54, 1.807) is 41.4 Å². The van der Waals surface area contributed by atoms with Crippen molar-refractivity contribution < 1.29 is 23.8 Å². The highest BCUT2D eigenvalue weighted by molar-refractivity contribution is 6.04. The number of hydrogen-bond donors (Lipinski definition) is 1. The number of rotatable bonds is 5. The highest BCUT2D eigenvalue weighted by Gasteiger charge is 2.29. The molecular formula is C25H29N5O5. The molecule has 3 aromatic rings. The van der Waals surface area contributed by atoms with Crippen molar-refractivity contribution in [2.24, 2.45) is 0 Å². The predicted octanol–water partition coefficient (Wildman–Crippen LogP) is 3.84. The maximum atomic E-state index is 12.7. The fourth-order valence-electron chi connectivity index (χ4n) is 3.54. The summed E-state index contributed by atoms with van der Waals surface area (Å²) in [5, 5.41) is 7.09. The van der Waals surface area contributed by atoms with Gasteiger partial charge in [0.1, 0.15) is 11.7 Å². The molecule has 1 atom stereocenters. The van der Waals surface area contributed by atoms with Gasteiger partial charge in [-0.1, -0.05) is 18.2 Å². The van der Waals surface area contributed by atoms with Crippen molar-refractivity contribution >= 4 is 17.7 Å². The van der Waals surface area contributed by atoms with E-state index in [1.807, 2.05) is 32.9 Å². The Bertz CT molecular complexity index is 1190. The molecule has 0 aliphatic carbocycles. The van der Waals surface area contributed by atoms with Crippen LogP contribution >= 0.6 is 0 Å². The van der Waals surface area contributed by atoms with Gasteiger partial charge in [0, 0.05) is 24.5 Å². The van der Waals surface area contributed by atoms with Crippen molar-refractivity contribution in [3.05, 3.63) is 66.0 Å². The average Bonchev–Trinajstić information content (AvgIpc) is 3.34. The van der Waals surface area contributed by atoms with Crippen LogP contribution in [-0.2, 0) is 9.47 Å². The minimum atomic E-state index is -0.550. The summed E-state index contributed by atoms with van der Waals surface area (Å²) in [5.41, 5.74) is 1.38. The largest absolute Gasteiger partial charge is 0.481 e. The zero-order chi connectivity index (χ0) is 25.0. The monoisotopic (exact) mass is 479 g/mol.